The Balaban J connectivity index is 1.99. The molecule has 0 amide bonds. The van der Waals surface area contributed by atoms with Gasteiger partial charge in [0.15, 0.2) is 0 Å². The Kier molecular flexibility index (Phi) is 7.87. The molecule has 1 rings (SSSR count). The van der Waals surface area contributed by atoms with Crippen LogP contribution in [0.15, 0.2) is 0 Å². The molecule has 0 saturated carbocycles. The van der Waals surface area contributed by atoms with Crippen LogP contribution in [0.2, 0.25) is 0 Å². The van der Waals surface area contributed by atoms with Gasteiger partial charge in [-0.2, -0.15) is 0 Å². The Morgan fingerprint density at radius 1 is 1.22 bits per heavy atom. The average Bonchev–Trinajstić information content (AvgIpc) is 2.72. The fourth-order valence-corrected chi connectivity index (χ4v) is 2.37. The molecule has 1 fully saturated rings. The second kappa shape index (κ2) is 8.89. The largest absolute Gasteiger partial charge is 0.380 e. The lowest BCUT2D eigenvalue weighted by Crippen LogP contribution is -2.30. The van der Waals surface area contributed by atoms with Crippen molar-refractivity contribution < 1.29 is 4.74 Å². The van der Waals surface area contributed by atoms with Gasteiger partial charge in [-0.25, -0.2) is 0 Å². The Hall–Kier alpha value is -0.120. The number of hydrogen-bond acceptors (Lipinski definition) is 3. The lowest BCUT2D eigenvalue weighted by atomic mass is 10.1. The molecule has 18 heavy (non-hydrogen) atoms. The van der Waals surface area contributed by atoms with E-state index in [-0.39, 0.29) is 0 Å². The zero-order chi connectivity index (χ0) is 13.4. The van der Waals surface area contributed by atoms with Gasteiger partial charge < -0.3 is 15.0 Å². The van der Waals surface area contributed by atoms with Crippen LogP contribution in [0.25, 0.3) is 0 Å². The van der Waals surface area contributed by atoms with Crippen LogP contribution in [0.4, 0.5) is 0 Å². The Morgan fingerprint density at radius 2 is 2.00 bits per heavy atom. The number of nitrogens with one attached hydrogen (secondary N) is 1. The predicted octanol–water partition coefficient (Wildman–Crippen LogP) is 2.23. The van der Waals surface area contributed by atoms with Crippen LogP contribution in [0.5, 0.6) is 0 Å². The van der Waals surface area contributed by atoms with Gasteiger partial charge in [-0.1, -0.05) is 27.7 Å². The van der Waals surface area contributed by atoms with Gasteiger partial charge in [0.2, 0.25) is 0 Å². The third kappa shape index (κ3) is 7.34. The molecule has 108 valence electrons. The first-order valence-corrected chi connectivity index (χ1v) is 7.58. The van der Waals surface area contributed by atoms with Gasteiger partial charge in [-0.3, -0.25) is 0 Å². The van der Waals surface area contributed by atoms with E-state index < -0.39 is 0 Å². The highest BCUT2D eigenvalue weighted by molar-refractivity contribution is 4.77. The van der Waals surface area contributed by atoms with Crippen LogP contribution in [-0.2, 0) is 4.74 Å². The summed E-state index contributed by atoms with van der Waals surface area (Å²) in [5, 5.41) is 3.57. The van der Waals surface area contributed by atoms with Crippen molar-refractivity contribution in [3.63, 3.8) is 0 Å². The summed E-state index contributed by atoms with van der Waals surface area (Å²) in [6.07, 6.45) is 1.34. The maximum Gasteiger partial charge on any atom is 0.0593 e. The topological polar surface area (TPSA) is 24.5 Å². The maximum atomic E-state index is 5.65. The molecule has 0 bridgehead atoms. The van der Waals surface area contributed by atoms with E-state index in [1.165, 1.54) is 26.1 Å². The normalized spacial score (nSPS) is 21.3. The van der Waals surface area contributed by atoms with Crippen LogP contribution in [0, 0.1) is 17.8 Å². The van der Waals surface area contributed by atoms with Gasteiger partial charge in [0.25, 0.3) is 0 Å². The smallest absolute Gasteiger partial charge is 0.0593 e. The number of rotatable bonds is 9. The Labute approximate surface area is 113 Å². The van der Waals surface area contributed by atoms with Crippen LogP contribution in [-0.4, -0.2) is 50.8 Å². The van der Waals surface area contributed by atoms with Crippen molar-refractivity contribution in [2.45, 2.75) is 34.1 Å². The van der Waals surface area contributed by atoms with Crippen molar-refractivity contribution in [2.24, 2.45) is 17.8 Å². The molecule has 1 heterocycles. The molecule has 1 aliphatic heterocycles. The van der Waals surface area contributed by atoms with E-state index in [2.05, 4.69) is 37.9 Å². The first-order valence-electron chi connectivity index (χ1n) is 7.58. The van der Waals surface area contributed by atoms with Crippen molar-refractivity contribution in [2.75, 3.05) is 45.9 Å². The number of ether oxygens (including phenoxy) is 1. The predicted molar refractivity (Wildman–Crippen MR) is 77.9 cm³/mol. The summed E-state index contributed by atoms with van der Waals surface area (Å²) in [5.74, 6) is 2.25. The summed E-state index contributed by atoms with van der Waals surface area (Å²) in [7, 11) is 0. The van der Waals surface area contributed by atoms with Crippen molar-refractivity contribution in [3.8, 4) is 0 Å². The first-order chi connectivity index (χ1) is 8.58. The van der Waals surface area contributed by atoms with E-state index in [0.29, 0.717) is 5.92 Å². The average molecular weight is 256 g/mol. The summed E-state index contributed by atoms with van der Waals surface area (Å²) < 4.78 is 5.65. The molecule has 0 aromatic heterocycles. The van der Waals surface area contributed by atoms with Crippen molar-refractivity contribution in [1.29, 1.82) is 0 Å². The minimum absolute atomic E-state index is 0.650. The second-order valence-corrected chi connectivity index (χ2v) is 6.48. The molecule has 3 heteroatoms. The first kappa shape index (κ1) is 15.9. The number of hydrogen-bond donors (Lipinski definition) is 1. The van der Waals surface area contributed by atoms with Gasteiger partial charge in [-0.05, 0) is 43.8 Å². The Morgan fingerprint density at radius 3 is 2.67 bits per heavy atom. The summed E-state index contributed by atoms with van der Waals surface area (Å²) in [4.78, 5) is 2.54. The minimum atomic E-state index is 0.650. The maximum absolute atomic E-state index is 5.65. The van der Waals surface area contributed by atoms with E-state index in [4.69, 9.17) is 4.74 Å². The van der Waals surface area contributed by atoms with Crippen LogP contribution in [0.1, 0.15) is 34.1 Å². The molecule has 1 saturated heterocycles. The number of likely N-dealkylation sites (tertiary alicyclic amines) is 1. The number of nitrogens with zero attached hydrogens (tertiary/aromatic N) is 1. The van der Waals surface area contributed by atoms with Crippen molar-refractivity contribution in [1.82, 2.24) is 10.2 Å². The minimum Gasteiger partial charge on any atom is -0.380 e. The van der Waals surface area contributed by atoms with Crippen LogP contribution in [0.3, 0.4) is 0 Å². The quantitative estimate of drug-likeness (QED) is 0.640. The zero-order valence-electron chi connectivity index (χ0n) is 12.7. The highest BCUT2D eigenvalue weighted by atomic mass is 16.5. The van der Waals surface area contributed by atoms with E-state index in [1.807, 2.05) is 0 Å². The monoisotopic (exact) mass is 256 g/mol. The molecule has 0 aliphatic carbocycles. The van der Waals surface area contributed by atoms with Gasteiger partial charge in [0.1, 0.15) is 0 Å². The summed E-state index contributed by atoms with van der Waals surface area (Å²) in [6, 6.07) is 0. The summed E-state index contributed by atoms with van der Waals surface area (Å²) in [6.45, 7) is 16.6. The van der Waals surface area contributed by atoms with Crippen molar-refractivity contribution >= 4 is 0 Å². The molecule has 0 aromatic carbocycles. The van der Waals surface area contributed by atoms with Crippen LogP contribution < -0.4 is 5.32 Å². The second-order valence-electron chi connectivity index (χ2n) is 6.48. The van der Waals surface area contributed by atoms with Gasteiger partial charge in [-0.15, -0.1) is 0 Å². The summed E-state index contributed by atoms with van der Waals surface area (Å²) in [5.41, 5.74) is 0. The van der Waals surface area contributed by atoms with E-state index in [9.17, 15) is 0 Å². The standard InChI is InChI=1S/C15H32N2O/c1-13(2)9-16-10-15-5-6-17(11-15)7-8-18-12-14(3)4/h13-16H,5-12H2,1-4H3. The highest BCUT2D eigenvalue weighted by Crippen LogP contribution is 2.14. The fourth-order valence-electron chi connectivity index (χ4n) is 2.37. The molecule has 1 unspecified atom stereocenters. The molecule has 0 radical (unpaired) electrons. The van der Waals surface area contributed by atoms with Crippen LogP contribution >= 0.6 is 0 Å². The Bertz CT molecular complexity index is 207. The molecule has 3 nitrogen and oxygen atoms in total. The molecular weight excluding hydrogens is 224 g/mol. The lowest BCUT2D eigenvalue weighted by Gasteiger charge is -2.17. The van der Waals surface area contributed by atoms with E-state index in [1.54, 1.807) is 0 Å². The summed E-state index contributed by atoms with van der Waals surface area (Å²) >= 11 is 0. The molecule has 1 atom stereocenters. The fraction of sp³-hybridized carbons (Fsp3) is 1.00. The van der Waals surface area contributed by atoms with E-state index in [0.717, 1.165) is 38.1 Å². The van der Waals surface area contributed by atoms with E-state index >= 15 is 0 Å². The molecule has 1 aliphatic rings. The van der Waals surface area contributed by atoms with Gasteiger partial charge >= 0.3 is 0 Å². The van der Waals surface area contributed by atoms with Crippen molar-refractivity contribution in [3.05, 3.63) is 0 Å². The molecule has 1 N–H and O–H groups in total. The highest BCUT2D eigenvalue weighted by Gasteiger charge is 2.21. The van der Waals surface area contributed by atoms with Gasteiger partial charge in [0, 0.05) is 19.7 Å². The van der Waals surface area contributed by atoms with Gasteiger partial charge in [0.05, 0.1) is 6.61 Å². The third-order valence-corrected chi connectivity index (χ3v) is 3.36. The third-order valence-electron chi connectivity index (χ3n) is 3.36. The SMILES string of the molecule is CC(C)CNCC1CCN(CCOCC(C)C)C1. The lowest BCUT2D eigenvalue weighted by molar-refractivity contribution is 0.0903. The molecule has 0 spiro atoms. The zero-order valence-corrected chi connectivity index (χ0v) is 12.7. The molecular formula is C15H32N2O. The molecule has 0 aromatic rings.